The van der Waals surface area contributed by atoms with Gasteiger partial charge < -0.3 is 5.32 Å². The number of rotatable bonds is 3. The molecule has 0 spiro atoms. The van der Waals surface area contributed by atoms with Gasteiger partial charge in [-0.05, 0) is 25.0 Å². The number of nitrogens with zero attached hydrogens (tertiary/aromatic N) is 2. The minimum Gasteiger partial charge on any atom is -0.307 e. The van der Waals surface area contributed by atoms with Crippen LogP contribution in [0.1, 0.15) is 34.8 Å². The molecule has 0 saturated heterocycles. The molecule has 92 valence electrons. The highest BCUT2D eigenvalue weighted by Crippen LogP contribution is 2.39. The predicted molar refractivity (Wildman–Crippen MR) is 69.6 cm³/mol. The second kappa shape index (κ2) is 4.29. The van der Waals surface area contributed by atoms with E-state index in [1.54, 1.807) is 16.8 Å². The Morgan fingerprint density at radius 3 is 2.72 bits per heavy atom. The number of anilines is 1. The molecule has 4 heteroatoms. The van der Waals surface area contributed by atoms with Gasteiger partial charge in [0.2, 0.25) is 0 Å². The summed E-state index contributed by atoms with van der Waals surface area (Å²) >= 11 is 0. The molecule has 0 aliphatic heterocycles. The average Bonchev–Trinajstić information content (AvgIpc) is 3.17. The summed E-state index contributed by atoms with van der Waals surface area (Å²) in [6, 6.07) is 11.2. The molecule has 1 aliphatic rings. The zero-order valence-electron chi connectivity index (χ0n) is 10.3. The van der Waals surface area contributed by atoms with Gasteiger partial charge in [0.1, 0.15) is 5.82 Å². The molecule has 2 aromatic rings. The van der Waals surface area contributed by atoms with Crippen LogP contribution in [0.25, 0.3) is 0 Å². The van der Waals surface area contributed by atoms with Crippen molar-refractivity contribution in [3.63, 3.8) is 0 Å². The van der Waals surface area contributed by atoms with E-state index in [2.05, 4.69) is 10.4 Å². The molecule has 1 saturated carbocycles. The van der Waals surface area contributed by atoms with Gasteiger partial charge in [-0.2, -0.15) is 5.10 Å². The van der Waals surface area contributed by atoms with Gasteiger partial charge in [-0.25, -0.2) is 0 Å². The summed E-state index contributed by atoms with van der Waals surface area (Å²) < 4.78 is 1.73. The Morgan fingerprint density at radius 2 is 2.06 bits per heavy atom. The van der Waals surface area contributed by atoms with Crippen LogP contribution in [0, 0.1) is 0 Å². The smallest absolute Gasteiger partial charge is 0.256 e. The first-order chi connectivity index (χ1) is 8.74. The predicted octanol–water partition coefficient (Wildman–Crippen LogP) is 2.55. The summed E-state index contributed by atoms with van der Waals surface area (Å²) in [4.78, 5) is 12.0. The van der Waals surface area contributed by atoms with Crippen molar-refractivity contribution in [3.05, 3.63) is 47.7 Å². The van der Waals surface area contributed by atoms with Crippen LogP contribution in [0.4, 0.5) is 5.82 Å². The van der Waals surface area contributed by atoms with Crippen molar-refractivity contribution >= 4 is 11.7 Å². The lowest BCUT2D eigenvalue weighted by Gasteiger charge is -2.04. The van der Waals surface area contributed by atoms with Gasteiger partial charge in [-0.15, -0.1) is 0 Å². The summed E-state index contributed by atoms with van der Waals surface area (Å²) in [6.45, 7) is 0. The molecule has 0 radical (unpaired) electrons. The van der Waals surface area contributed by atoms with Gasteiger partial charge in [-0.3, -0.25) is 9.48 Å². The topological polar surface area (TPSA) is 46.9 Å². The normalized spacial score (nSPS) is 14.5. The summed E-state index contributed by atoms with van der Waals surface area (Å²) in [6.07, 6.45) is 2.42. The minimum atomic E-state index is -0.0963. The molecule has 1 aromatic carbocycles. The number of nitrogens with one attached hydrogen (secondary N) is 1. The van der Waals surface area contributed by atoms with E-state index in [1.807, 2.05) is 31.3 Å². The Balaban J connectivity index is 1.78. The Bertz CT molecular complexity index is 570. The van der Waals surface area contributed by atoms with Crippen LogP contribution >= 0.6 is 0 Å². The Morgan fingerprint density at radius 1 is 1.33 bits per heavy atom. The highest BCUT2D eigenvalue weighted by molar-refractivity contribution is 6.03. The van der Waals surface area contributed by atoms with Crippen LogP contribution in [-0.2, 0) is 7.05 Å². The van der Waals surface area contributed by atoms with E-state index in [1.165, 1.54) is 12.8 Å². The number of aryl methyl sites for hydroxylation is 1. The van der Waals surface area contributed by atoms with Crippen molar-refractivity contribution in [3.8, 4) is 0 Å². The minimum absolute atomic E-state index is 0.0963. The summed E-state index contributed by atoms with van der Waals surface area (Å²) in [5.74, 6) is 1.25. The fourth-order valence-corrected chi connectivity index (χ4v) is 1.96. The highest BCUT2D eigenvalue weighted by atomic mass is 16.1. The van der Waals surface area contributed by atoms with Crippen molar-refractivity contribution in [2.75, 3.05) is 5.32 Å². The van der Waals surface area contributed by atoms with E-state index in [4.69, 9.17) is 0 Å². The van der Waals surface area contributed by atoms with Gasteiger partial charge >= 0.3 is 0 Å². The molecule has 0 bridgehead atoms. The lowest BCUT2D eigenvalue weighted by molar-refractivity contribution is 0.102. The van der Waals surface area contributed by atoms with Crippen molar-refractivity contribution in [2.45, 2.75) is 18.8 Å². The average molecular weight is 241 g/mol. The van der Waals surface area contributed by atoms with Gasteiger partial charge in [0, 0.05) is 24.6 Å². The maximum atomic E-state index is 12.0. The SMILES string of the molecule is Cn1nc(C2CC2)cc1NC(=O)c1ccccc1. The standard InChI is InChI=1S/C14H15N3O/c1-17-13(9-12(16-17)10-7-8-10)15-14(18)11-5-3-2-4-6-11/h2-6,9-10H,7-8H2,1H3,(H,15,18). The first-order valence-corrected chi connectivity index (χ1v) is 6.14. The van der Waals surface area contributed by atoms with E-state index in [-0.39, 0.29) is 5.91 Å². The maximum absolute atomic E-state index is 12.0. The summed E-state index contributed by atoms with van der Waals surface area (Å²) in [5, 5.41) is 7.31. The fourth-order valence-electron chi connectivity index (χ4n) is 1.96. The Hall–Kier alpha value is -2.10. The third-order valence-electron chi connectivity index (χ3n) is 3.17. The molecule has 18 heavy (non-hydrogen) atoms. The molecular formula is C14H15N3O. The maximum Gasteiger partial charge on any atom is 0.256 e. The van der Waals surface area contributed by atoms with E-state index in [0.29, 0.717) is 11.5 Å². The van der Waals surface area contributed by atoms with E-state index >= 15 is 0 Å². The van der Waals surface area contributed by atoms with Crippen LogP contribution in [0.2, 0.25) is 0 Å². The van der Waals surface area contributed by atoms with Gasteiger partial charge in [0.05, 0.1) is 5.69 Å². The number of amides is 1. The van der Waals surface area contributed by atoms with Crippen molar-refractivity contribution < 1.29 is 4.79 Å². The molecule has 0 unspecified atom stereocenters. The van der Waals surface area contributed by atoms with Gasteiger partial charge in [0.25, 0.3) is 5.91 Å². The van der Waals surface area contributed by atoms with Crippen LogP contribution in [0.15, 0.2) is 36.4 Å². The molecule has 1 aromatic heterocycles. The molecule has 3 rings (SSSR count). The molecule has 1 aliphatic carbocycles. The summed E-state index contributed by atoms with van der Waals surface area (Å²) in [7, 11) is 1.85. The van der Waals surface area contributed by atoms with Crippen LogP contribution < -0.4 is 5.32 Å². The highest BCUT2D eigenvalue weighted by Gasteiger charge is 2.27. The van der Waals surface area contributed by atoms with Gasteiger partial charge in [0.15, 0.2) is 0 Å². The fraction of sp³-hybridized carbons (Fsp3) is 0.286. The lowest BCUT2D eigenvalue weighted by atomic mass is 10.2. The molecular weight excluding hydrogens is 226 g/mol. The van der Waals surface area contributed by atoms with Crippen LogP contribution in [0.5, 0.6) is 0 Å². The van der Waals surface area contributed by atoms with E-state index in [9.17, 15) is 4.79 Å². The molecule has 1 fully saturated rings. The molecule has 1 heterocycles. The third-order valence-corrected chi connectivity index (χ3v) is 3.17. The van der Waals surface area contributed by atoms with Crippen LogP contribution in [-0.4, -0.2) is 15.7 Å². The third kappa shape index (κ3) is 2.14. The van der Waals surface area contributed by atoms with Gasteiger partial charge in [-0.1, -0.05) is 18.2 Å². The summed E-state index contributed by atoms with van der Waals surface area (Å²) in [5.41, 5.74) is 1.74. The zero-order valence-corrected chi connectivity index (χ0v) is 10.3. The lowest BCUT2D eigenvalue weighted by Crippen LogP contribution is -2.14. The molecule has 0 atom stereocenters. The largest absolute Gasteiger partial charge is 0.307 e. The second-order valence-corrected chi connectivity index (χ2v) is 4.67. The quantitative estimate of drug-likeness (QED) is 0.897. The Kier molecular flexibility index (Phi) is 2.63. The number of hydrogen-bond donors (Lipinski definition) is 1. The second-order valence-electron chi connectivity index (χ2n) is 4.67. The number of carbonyl (C=O) groups is 1. The van der Waals surface area contributed by atoms with Crippen molar-refractivity contribution in [2.24, 2.45) is 7.05 Å². The number of aromatic nitrogens is 2. The first kappa shape index (κ1) is 11.0. The van der Waals surface area contributed by atoms with E-state index < -0.39 is 0 Å². The number of carbonyl (C=O) groups excluding carboxylic acids is 1. The Labute approximate surface area is 106 Å². The first-order valence-electron chi connectivity index (χ1n) is 6.14. The monoisotopic (exact) mass is 241 g/mol. The van der Waals surface area contributed by atoms with Crippen molar-refractivity contribution in [1.29, 1.82) is 0 Å². The zero-order chi connectivity index (χ0) is 12.5. The van der Waals surface area contributed by atoms with Crippen LogP contribution in [0.3, 0.4) is 0 Å². The van der Waals surface area contributed by atoms with E-state index in [0.717, 1.165) is 11.5 Å². The number of hydrogen-bond acceptors (Lipinski definition) is 2. The molecule has 4 nitrogen and oxygen atoms in total. The van der Waals surface area contributed by atoms with Crippen molar-refractivity contribution in [1.82, 2.24) is 9.78 Å². The molecule has 1 amide bonds. The number of benzene rings is 1. The molecule has 1 N–H and O–H groups in total.